The zero-order chi connectivity index (χ0) is 9.90. The number of sulfone groups is 1. The predicted molar refractivity (Wildman–Crippen MR) is 53.6 cm³/mol. The first kappa shape index (κ1) is 10.3. The third-order valence-electron chi connectivity index (χ3n) is 1.68. The Morgan fingerprint density at radius 2 is 1.85 bits per heavy atom. The summed E-state index contributed by atoms with van der Waals surface area (Å²) in [5.41, 5.74) is 0.602. The van der Waals surface area contributed by atoms with E-state index in [2.05, 4.69) is 16.8 Å². The van der Waals surface area contributed by atoms with Crippen molar-refractivity contribution in [1.82, 2.24) is 0 Å². The Bertz CT molecular complexity index is 395. The van der Waals surface area contributed by atoms with Gasteiger partial charge in [-0.05, 0) is 24.3 Å². The number of nitrogens with zero attached hydrogens (tertiary/aromatic N) is 1. The van der Waals surface area contributed by atoms with Crippen molar-refractivity contribution in [2.24, 2.45) is 4.36 Å². The fourth-order valence-electron chi connectivity index (χ4n) is 0.881. The van der Waals surface area contributed by atoms with Crippen molar-refractivity contribution in [3.05, 3.63) is 24.3 Å². The van der Waals surface area contributed by atoms with Crippen LogP contribution >= 0.6 is 0 Å². The van der Waals surface area contributed by atoms with Crippen LogP contribution in [0.1, 0.15) is 6.92 Å². The molecule has 0 spiro atoms. The Labute approximate surface area is 82.9 Å². The van der Waals surface area contributed by atoms with Crippen molar-refractivity contribution in [1.29, 1.82) is 0 Å². The van der Waals surface area contributed by atoms with E-state index in [4.69, 9.17) is 0 Å². The van der Waals surface area contributed by atoms with Crippen molar-refractivity contribution in [3.63, 3.8) is 0 Å². The number of hydrogen-bond donors (Lipinski definition) is 0. The van der Waals surface area contributed by atoms with Gasteiger partial charge in [0, 0.05) is 12.4 Å². The molecular formula is C8H9NO2S2. The minimum Gasteiger partial charge on any atom is -0.224 e. The molecule has 0 fully saturated rings. The highest BCUT2D eigenvalue weighted by molar-refractivity contribution is 7.91. The Hall–Kier alpha value is -0.810. The maximum atomic E-state index is 11.3. The van der Waals surface area contributed by atoms with E-state index in [0.29, 0.717) is 10.6 Å². The van der Waals surface area contributed by atoms with Crippen molar-refractivity contribution >= 4 is 27.9 Å². The second kappa shape index (κ2) is 3.93. The standard InChI is InChI=1S/C8H9NO2S2/c1-2-13(10,11)8-5-3-7(9-12)4-6-8/h3-6H,2H2,1H3. The topological polar surface area (TPSA) is 46.5 Å². The third-order valence-corrected chi connectivity index (χ3v) is 3.64. The Morgan fingerprint density at radius 1 is 1.31 bits per heavy atom. The molecule has 0 aliphatic carbocycles. The summed E-state index contributed by atoms with van der Waals surface area (Å²) in [7, 11) is -3.10. The van der Waals surface area contributed by atoms with Crippen LogP contribution in [0.4, 0.5) is 5.69 Å². The molecule has 0 amide bonds. The van der Waals surface area contributed by atoms with Gasteiger partial charge in [-0.3, -0.25) is 0 Å². The lowest BCUT2D eigenvalue weighted by Gasteiger charge is -1.99. The van der Waals surface area contributed by atoms with E-state index in [1.54, 1.807) is 19.1 Å². The molecule has 0 aliphatic heterocycles. The van der Waals surface area contributed by atoms with Gasteiger partial charge in [0.05, 0.1) is 16.3 Å². The molecule has 0 atom stereocenters. The van der Waals surface area contributed by atoms with Crippen LogP contribution in [0.2, 0.25) is 0 Å². The lowest BCUT2D eigenvalue weighted by molar-refractivity contribution is 0.597. The average Bonchev–Trinajstić information content (AvgIpc) is 2.18. The van der Waals surface area contributed by atoms with Gasteiger partial charge in [-0.2, -0.15) is 4.36 Å². The summed E-state index contributed by atoms with van der Waals surface area (Å²) in [6.07, 6.45) is 0. The number of hydrogen-bond acceptors (Lipinski definition) is 4. The monoisotopic (exact) mass is 215 g/mol. The van der Waals surface area contributed by atoms with Gasteiger partial charge in [0.2, 0.25) is 0 Å². The van der Waals surface area contributed by atoms with Crippen molar-refractivity contribution in [2.45, 2.75) is 11.8 Å². The second-order valence-corrected chi connectivity index (χ2v) is 4.95. The van der Waals surface area contributed by atoms with Gasteiger partial charge >= 0.3 is 0 Å². The van der Waals surface area contributed by atoms with Crippen LogP contribution < -0.4 is 0 Å². The van der Waals surface area contributed by atoms with Gasteiger partial charge in [-0.15, -0.1) is 0 Å². The molecule has 0 unspecified atom stereocenters. The Morgan fingerprint density at radius 3 is 2.23 bits per heavy atom. The van der Waals surface area contributed by atoms with E-state index < -0.39 is 9.84 Å². The molecule has 1 rings (SSSR count). The molecule has 0 radical (unpaired) electrons. The summed E-state index contributed by atoms with van der Waals surface area (Å²) in [5, 5.41) is 0. The maximum Gasteiger partial charge on any atom is 0.178 e. The molecule has 1 aromatic carbocycles. The maximum absolute atomic E-state index is 11.3. The molecule has 0 aliphatic rings. The first-order chi connectivity index (χ1) is 6.10. The molecular weight excluding hydrogens is 206 g/mol. The van der Waals surface area contributed by atoms with Gasteiger partial charge in [0.1, 0.15) is 0 Å². The highest BCUT2D eigenvalue weighted by atomic mass is 32.2. The van der Waals surface area contributed by atoms with Crippen LogP contribution in [0.25, 0.3) is 0 Å². The van der Waals surface area contributed by atoms with Gasteiger partial charge in [-0.1, -0.05) is 6.92 Å². The first-order valence-corrected chi connectivity index (χ1v) is 5.78. The van der Waals surface area contributed by atoms with Crippen LogP contribution in [0, 0.1) is 0 Å². The Balaban J connectivity index is 3.13. The summed E-state index contributed by atoms with van der Waals surface area (Å²) in [6.45, 7) is 1.61. The molecule has 13 heavy (non-hydrogen) atoms. The van der Waals surface area contributed by atoms with E-state index >= 15 is 0 Å². The second-order valence-electron chi connectivity index (χ2n) is 2.49. The molecule has 0 bridgehead atoms. The fraction of sp³-hybridized carbons (Fsp3) is 0.250. The summed E-state index contributed by atoms with van der Waals surface area (Å²) in [5.74, 6) is 0.108. The summed E-state index contributed by atoms with van der Waals surface area (Å²) in [4.78, 5) is 0.317. The lowest BCUT2D eigenvalue weighted by Crippen LogP contribution is -2.02. The van der Waals surface area contributed by atoms with Crippen LogP contribution in [0.5, 0.6) is 0 Å². The molecule has 0 N–H and O–H groups in total. The number of rotatable bonds is 3. The molecule has 0 saturated carbocycles. The SMILES string of the molecule is CCS(=O)(=O)c1ccc(N=S)cc1. The summed E-state index contributed by atoms with van der Waals surface area (Å²) >= 11 is 4.46. The van der Waals surface area contributed by atoms with Gasteiger partial charge in [0.15, 0.2) is 9.84 Å². The zero-order valence-corrected chi connectivity index (χ0v) is 8.73. The molecule has 1 aromatic rings. The molecule has 3 nitrogen and oxygen atoms in total. The average molecular weight is 215 g/mol. The molecule has 0 saturated heterocycles. The smallest absolute Gasteiger partial charge is 0.178 e. The van der Waals surface area contributed by atoms with Gasteiger partial charge < -0.3 is 0 Å². The van der Waals surface area contributed by atoms with E-state index in [0.717, 1.165) is 0 Å². The molecule has 5 heteroatoms. The van der Waals surface area contributed by atoms with Crippen molar-refractivity contribution < 1.29 is 8.42 Å². The van der Waals surface area contributed by atoms with Crippen LogP contribution in [-0.4, -0.2) is 14.2 Å². The largest absolute Gasteiger partial charge is 0.224 e. The minimum atomic E-state index is -3.10. The first-order valence-electron chi connectivity index (χ1n) is 3.76. The summed E-state index contributed by atoms with van der Waals surface area (Å²) < 4.78 is 26.2. The third kappa shape index (κ3) is 2.32. The van der Waals surface area contributed by atoms with E-state index in [1.807, 2.05) is 0 Å². The normalized spacial score (nSPS) is 11.2. The van der Waals surface area contributed by atoms with Gasteiger partial charge in [-0.25, -0.2) is 8.42 Å². The van der Waals surface area contributed by atoms with Gasteiger partial charge in [0.25, 0.3) is 0 Å². The zero-order valence-electron chi connectivity index (χ0n) is 7.10. The fourth-order valence-corrected chi connectivity index (χ4v) is 1.89. The van der Waals surface area contributed by atoms with Crippen LogP contribution in [0.15, 0.2) is 33.5 Å². The predicted octanol–water partition coefficient (Wildman–Crippen LogP) is 1.84. The van der Waals surface area contributed by atoms with E-state index in [-0.39, 0.29) is 5.75 Å². The molecule has 0 heterocycles. The summed E-state index contributed by atoms with van der Waals surface area (Å²) in [6, 6.07) is 6.22. The highest BCUT2D eigenvalue weighted by Crippen LogP contribution is 2.16. The highest BCUT2D eigenvalue weighted by Gasteiger charge is 2.10. The van der Waals surface area contributed by atoms with E-state index in [1.165, 1.54) is 12.1 Å². The molecule has 70 valence electrons. The number of benzene rings is 1. The Kier molecular flexibility index (Phi) is 3.11. The lowest BCUT2D eigenvalue weighted by atomic mass is 10.3. The minimum absolute atomic E-state index is 0.108. The quantitative estimate of drug-likeness (QED) is 0.773. The van der Waals surface area contributed by atoms with Crippen molar-refractivity contribution in [2.75, 3.05) is 5.75 Å². The van der Waals surface area contributed by atoms with Crippen molar-refractivity contribution in [3.8, 4) is 0 Å². The van der Waals surface area contributed by atoms with E-state index in [9.17, 15) is 8.42 Å². The van der Waals surface area contributed by atoms with Crippen LogP contribution in [0.3, 0.4) is 0 Å². The molecule has 0 aromatic heterocycles. The van der Waals surface area contributed by atoms with Crippen LogP contribution in [-0.2, 0) is 22.3 Å².